The quantitative estimate of drug-likeness (QED) is 0.516. The molecule has 7 heavy (non-hydrogen) atoms. The van der Waals surface area contributed by atoms with Crippen molar-refractivity contribution in [1.82, 2.24) is 0 Å². The minimum absolute atomic E-state index is 1.51. The molecule has 0 heterocycles. The number of hydrogen-bond donors (Lipinski definition) is 0. The maximum Gasteiger partial charge on any atom is 0.643 e. The summed E-state index contributed by atoms with van der Waals surface area (Å²) in [6.45, 7) is 0. The fourth-order valence-corrected chi connectivity index (χ4v) is 0. The Bertz CT molecular complexity index is 24.1. The summed E-state index contributed by atoms with van der Waals surface area (Å²) in [6, 6.07) is 0. The van der Waals surface area contributed by atoms with E-state index >= 15 is 0 Å². The fraction of sp³-hybridized carbons (Fsp3) is 0.500. The van der Waals surface area contributed by atoms with Crippen molar-refractivity contribution in [2.75, 3.05) is 7.11 Å². The van der Waals surface area contributed by atoms with E-state index in [1.807, 2.05) is 0 Å². The lowest BCUT2D eigenvalue weighted by atomic mass is 11.6. The van der Waals surface area contributed by atoms with Crippen molar-refractivity contribution in [1.29, 1.82) is 0 Å². The first-order valence-corrected chi connectivity index (χ1v) is 6.59. The van der Waals surface area contributed by atoms with E-state index in [4.69, 9.17) is 30.1 Å². The normalized spacial score (nSPS) is 6.43. The molecular formula is C2H5AlCl3O. The van der Waals surface area contributed by atoms with Gasteiger partial charge in [-0.05, 0) is 0 Å². The van der Waals surface area contributed by atoms with Gasteiger partial charge in [0.1, 0.15) is 0 Å². The molecule has 0 saturated carbocycles. The van der Waals surface area contributed by atoms with Gasteiger partial charge in [-0.25, -0.2) is 30.1 Å². The van der Waals surface area contributed by atoms with E-state index in [2.05, 4.69) is 11.8 Å². The van der Waals surface area contributed by atoms with Crippen molar-refractivity contribution in [3.63, 3.8) is 0 Å². The maximum absolute atomic E-state index is 4.94. The molecule has 0 rings (SSSR count). The van der Waals surface area contributed by atoms with Crippen molar-refractivity contribution in [3.8, 4) is 0 Å². The minimum Gasteiger partial charge on any atom is -0.382 e. The van der Waals surface area contributed by atoms with E-state index in [-0.39, 0.29) is 0 Å². The van der Waals surface area contributed by atoms with E-state index in [9.17, 15) is 0 Å². The lowest BCUT2D eigenvalue weighted by molar-refractivity contribution is 0.329. The monoisotopic (exact) mass is 177 g/mol. The maximum atomic E-state index is 4.94. The van der Waals surface area contributed by atoms with E-state index in [0.717, 1.165) is 0 Å². The summed E-state index contributed by atoms with van der Waals surface area (Å²) in [5.74, 6) is 0. The summed E-state index contributed by atoms with van der Waals surface area (Å²) in [5.41, 5.74) is 0. The molecule has 43 valence electrons. The van der Waals surface area contributed by atoms with Crippen LogP contribution in [0.25, 0.3) is 0 Å². The summed E-state index contributed by atoms with van der Waals surface area (Å²) in [5, 5.41) is 0. The first kappa shape index (κ1) is 11.2. The van der Waals surface area contributed by atoms with Crippen LogP contribution < -0.4 is 0 Å². The molecule has 0 bridgehead atoms. The lowest BCUT2D eigenvalue weighted by Gasteiger charge is -1.60. The summed E-state index contributed by atoms with van der Waals surface area (Å²) in [6.07, 6.45) is 0. The average Bonchev–Trinajstić information content (AvgIpc) is 1.33. The van der Waals surface area contributed by atoms with E-state index < -0.39 is 11.4 Å². The smallest absolute Gasteiger partial charge is 0.382 e. The van der Waals surface area contributed by atoms with Crippen LogP contribution in [0.1, 0.15) is 0 Å². The van der Waals surface area contributed by atoms with Crippen LogP contribution in [0.4, 0.5) is 0 Å². The fourth-order valence-electron chi connectivity index (χ4n) is 0. The first-order chi connectivity index (χ1) is 3.15. The van der Waals surface area contributed by atoms with Crippen LogP contribution in [0.15, 0.2) is 0 Å². The van der Waals surface area contributed by atoms with Crippen LogP contribution in [0.3, 0.4) is 0 Å². The Morgan fingerprint density at radius 2 is 1.43 bits per heavy atom. The lowest BCUT2D eigenvalue weighted by Crippen LogP contribution is -1.66. The van der Waals surface area contributed by atoms with Crippen LogP contribution in [0, 0.1) is 7.11 Å². The number of ether oxygens (including phenoxy) is 1. The molecule has 0 fully saturated rings. The van der Waals surface area contributed by atoms with Crippen molar-refractivity contribution in [2.24, 2.45) is 0 Å². The number of hydrogen-bond acceptors (Lipinski definition) is 1. The highest BCUT2D eigenvalue weighted by Gasteiger charge is 2.00. The third-order valence-electron chi connectivity index (χ3n) is 0. The topological polar surface area (TPSA) is 9.23 Å². The molecule has 0 aromatic rings. The minimum atomic E-state index is -1.72. The Hall–Kier alpha value is 1.36. The largest absolute Gasteiger partial charge is 0.643 e. The van der Waals surface area contributed by atoms with Crippen LogP contribution in [-0.2, 0) is 4.74 Å². The summed E-state index contributed by atoms with van der Waals surface area (Å²) < 4.78 is 4.00. The van der Waals surface area contributed by atoms with Gasteiger partial charge in [-0.1, -0.05) is 0 Å². The summed E-state index contributed by atoms with van der Waals surface area (Å²) >= 11 is -1.72. The van der Waals surface area contributed by atoms with Gasteiger partial charge in [0, 0.05) is 7.11 Å². The molecular weight excluding hydrogens is 173 g/mol. The Balaban J connectivity index is 0. The molecule has 1 radical (unpaired) electrons. The number of methoxy groups -OCH3 is 1. The second-order valence-electron chi connectivity index (χ2n) is 0.536. The van der Waals surface area contributed by atoms with Gasteiger partial charge in [0.15, 0.2) is 0 Å². The van der Waals surface area contributed by atoms with Crippen molar-refractivity contribution in [2.45, 2.75) is 0 Å². The average molecular weight is 178 g/mol. The van der Waals surface area contributed by atoms with Gasteiger partial charge in [0.2, 0.25) is 0 Å². The summed E-state index contributed by atoms with van der Waals surface area (Å²) in [7, 11) is 19.3. The predicted octanol–water partition coefficient (Wildman–Crippen LogP) is 2.11. The van der Waals surface area contributed by atoms with Crippen LogP contribution in [0.5, 0.6) is 0 Å². The number of rotatable bonds is 0. The van der Waals surface area contributed by atoms with Crippen LogP contribution >= 0.6 is 30.1 Å². The molecule has 0 aromatic carbocycles. The molecule has 1 nitrogen and oxygen atoms in total. The van der Waals surface area contributed by atoms with Gasteiger partial charge >= 0.3 is 11.4 Å². The molecule has 0 spiro atoms. The Labute approximate surface area is 60.5 Å². The summed E-state index contributed by atoms with van der Waals surface area (Å²) in [4.78, 5) is 0. The zero-order valence-corrected chi connectivity index (χ0v) is 7.25. The third kappa shape index (κ3) is 114. The van der Waals surface area contributed by atoms with Gasteiger partial charge < -0.3 is 4.74 Å². The molecule has 0 atom stereocenters. The third-order valence-corrected chi connectivity index (χ3v) is 0. The second-order valence-corrected chi connectivity index (χ2v) is 6.97. The Kier molecular flexibility index (Phi) is 16.6. The zero-order valence-electron chi connectivity index (χ0n) is 3.83. The van der Waals surface area contributed by atoms with Crippen LogP contribution in [-0.4, -0.2) is 18.5 Å². The Morgan fingerprint density at radius 3 is 1.43 bits per heavy atom. The van der Waals surface area contributed by atoms with Gasteiger partial charge in [0.25, 0.3) is 0 Å². The molecule has 0 aromatic heterocycles. The van der Waals surface area contributed by atoms with Crippen LogP contribution in [0.2, 0.25) is 0 Å². The molecule has 0 unspecified atom stereocenters. The highest BCUT2D eigenvalue weighted by atomic mass is 35.8. The zero-order chi connectivity index (χ0) is 6.28. The number of halogens is 3. The van der Waals surface area contributed by atoms with E-state index in [0.29, 0.717) is 0 Å². The molecule has 0 aliphatic carbocycles. The molecule has 0 saturated heterocycles. The highest BCUT2D eigenvalue weighted by molar-refractivity contribution is 7.54. The molecule has 5 heteroatoms. The van der Waals surface area contributed by atoms with Gasteiger partial charge in [-0.15, -0.1) is 0 Å². The van der Waals surface area contributed by atoms with Gasteiger partial charge in [-0.3, -0.25) is 0 Å². The molecule has 0 amide bonds. The van der Waals surface area contributed by atoms with E-state index in [1.54, 1.807) is 0 Å². The second kappa shape index (κ2) is 10.4. The van der Waals surface area contributed by atoms with Crippen molar-refractivity contribution >= 4 is 41.5 Å². The predicted molar refractivity (Wildman–Crippen MR) is 35.7 cm³/mol. The first-order valence-electron chi connectivity index (χ1n) is 1.35. The van der Waals surface area contributed by atoms with Crippen molar-refractivity contribution < 1.29 is 4.74 Å². The van der Waals surface area contributed by atoms with Gasteiger partial charge in [0.05, 0.1) is 7.11 Å². The Morgan fingerprint density at radius 1 is 1.43 bits per heavy atom. The standard InChI is InChI=1S/C2H5O.Al.3ClH/c1-3-2;;;;/h1H2,2H3;;3*1H/q;+3;;;/p-3. The highest BCUT2D eigenvalue weighted by Crippen LogP contribution is 1.97. The SMILES string of the molecule is [CH2]OC.[Cl][Al]([Cl])[Cl]. The molecule has 0 N–H and O–H groups in total. The molecule has 0 aliphatic rings. The van der Waals surface area contributed by atoms with Gasteiger partial charge in [-0.2, -0.15) is 0 Å². The van der Waals surface area contributed by atoms with E-state index in [1.165, 1.54) is 7.11 Å². The van der Waals surface area contributed by atoms with Crippen molar-refractivity contribution in [3.05, 3.63) is 7.11 Å². The molecule has 0 aliphatic heterocycles.